The van der Waals surface area contributed by atoms with Crippen LogP contribution in [0.1, 0.15) is 11.1 Å². The summed E-state index contributed by atoms with van der Waals surface area (Å²) in [5, 5.41) is 3.18. The van der Waals surface area contributed by atoms with Gasteiger partial charge in [-0.1, -0.05) is 28.1 Å². The van der Waals surface area contributed by atoms with Gasteiger partial charge in [0.1, 0.15) is 0 Å². The molecule has 0 radical (unpaired) electrons. The number of anilines is 1. The van der Waals surface area contributed by atoms with Crippen molar-refractivity contribution < 1.29 is 9.13 Å². The fraction of sp³-hybridized carbons (Fsp3) is 0.200. The van der Waals surface area contributed by atoms with Crippen LogP contribution in [0.5, 0.6) is 5.75 Å². The van der Waals surface area contributed by atoms with Gasteiger partial charge in [-0.25, -0.2) is 4.39 Å². The fourth-order valence-electron chi connectivity index (χ4n) is 1.73. The minimum Gasteiger partial charge on any atom is -0.494 e. The van der Waals surface area contributed by atoms with Gasteiger partial charge in [-0.15, -0.1) is 0 Å². The molecule has 1 N–H and O–H groups in total. The van der Waals surface area contributed by atoms with Crippen LogP contribution < -0.4 is 10.1 Å². The Morgan fingerprint density at radius 1 is 1.21 bits per heavy atom. The SMILES string of the molecule is COc1ccc(NCc2ccc(C)c(Br)c2)cc1F. The number of rotatable bonds is 4. The van der Waals surface area contributed by atoms with Gasteiger partial charge in [0.25, 0.3) is 0 Å². The molecule has 0 aliphatic heterocycles. The summed E-state index contributed by atoms with van der Waals surface area (Å²) in [7, 11) is 1.45. The summed E-state index contributed by atoms with van der Waals surface area (Å²) in [5.41, 5.74) is 3.06. The first kappa shape index (κ1) is 13.9. The highest BCUT2D eigenvalue weighted by Gasteiger charge is 2.03. The molecule has 2 aromatic rings. The van der Waals surface area contributed by atoms with E-state index in [1.807, 2.05) is 13.0 Å². The number of hydrogen-bond acceptors (Lipinski definition) is 2. The van der Waals surface area contributed by atoms with Crippen LogP contribution in [0.3, 0.4) is 0 Å². The zero-order valence-corrected chi connectivity index (χ0v) is 12.4. The maximum atomic E-state index is 13.5. The Morgan fingerprint density at radius 2 is 2.00 bits per heavy atom. The summed E-state index contributed by atoms with van der Waals surface area (Å²) < 4.78 is 19.5. The number of benzene rings is 2. The van der Waals surface area contributed by atoms with Crippen molar-refractivity contribution in [3.8, 4) is 5.75 Å². The van der Waals surface area contributed by atoms with E-state index in [1.54, 1.807) is 12.1 Å². The summed E-state index contributed by atoms with van der Waals surface area (Å²) in [5.74, 6) is -0.110. The highest BCUT2D eigenvalue weighted by atomic mass is 79.9. The molecule has 2 nitrogen and oxygen atoms in total. The zero-order chi connectivity index (χ0) is 13.8. The first-order valence-corrected chi connectivity index (χ1v) is 6.72. The standard InChI is InChI=1S/C15H15BrFNO/c1-10-3-4-11(7-13(10)16)9-18-12-5-6-15(19-2)14(17)8-12/h3-8,18H,9H2,1-2H3. The molecule has 0 saturated carbocycles. The van der Waals surface area contributed by atoms with Gasteiger partial charge in [0.2, 0.25) is 0 Å². The second-order valence-electron chi connectivity index (χ2n) is 4.29. The normalized spacial score (nSPS) is 10.3. The first-order valence-electron chi connectivity index (χ1n) is 5.92. The van der Waals surface area contributed by atoms with Gasteiger partial charge in [0.15, 0.2) is 11.6 Å². The fourth-order valence-corrected chi connectivity index (χ4v) is 2.15. The zero-order valence-electron chi connectivity index (χ0n) is 10.8. The molecule has 0 aliphatic carbocycles. The molecule has 100 valence electrons. The molecule has 19 heavy (non-hydrogen) atoms. The van der Waals surface area contributed by atoms with Crippen molar-refractivity contribution in [2.45, 2.75) is 13.5 Å². The van der Waals surface area contributed by atoms with Crippen LogP contribution in [-0.2, 0) is 6.54 Å². The molecule has 4 heteroatoms. The third kappa shape index (κ3) is 3.47. The molecule has 0 bridgehead atoms. The third-order valence-electron chi connectivity index (χ3n) is 2.88. The average Bonchev–Trinajstić information content (AvgIpc) is 2.40. The lowest BCUT2D eigenvalue weighted by atomic mass is 10.1. The molecular weight excluding hydrogens is 309 g/mol. The van der Waals surface area contributed by atoms with E-state index < -0.39 is 0 Å². The summed E-state index contributed by atoms with van der Waals surface area (Å²) in [6, 6.07) is 11.0. The van der Waals surface area contributed by atoms with E-state index in [0.29, 0.717) is 6.54 Å². The van der Waals surface area contributed by atoms with E-state index in [2.05, 4.69) is 33.4 Å². The molecule has 0 spiro atoms. The number of hydrogen-bond donors (Lipinski definition) is 1. The molecule has 0 aliphatic rings. The third-order valence-corrected chi connectivity index (χ3v) is 3.74. The Balaban J connectivity index is 2.05. The highest BCUT2D eigenvalue weighted by Crippen LogP contribution is 2.22. The number of aryl methyl sites for hydroxylation is 1. The molecule has 0 aromatic heterocycles. The minimum atomic E-state index is -0.363. The number of halogens is 2. The minimum absolute atomic E-state index is 0.253. The Labute approximate surface area is 120 Å². The molecule has 0 atom stereocenters. The van der Waals surface area contributed by atoms with Crippen molar-refractivity contribution >= 4 is 21.6 Å². The smallest absolute Gasteiger partial charge is 0.167 e. The summed E-state index contributed by atoms with van der Waals surface area (Å²) in [4.78, 5) is 0. The van der Waals surface area contributed by atoms with Crippen LogP contribution in [0.4, 0.5) is 10.1 Å². The Bertz CT molecular complexity index is 586. The second-order valence-corrected chi connectivity index (χ2v) is 5.14. The van der Waals surface area contributed by atoms with Gasteiger partial charge >= 0.3 is 0 Å². The van der Waals surface area contributed by atoms with E-state index in [9.17, 15) is 4.39 Å². The lowest BCUT2D eigenvalue weighted by Crippen LogP contribution is -2.00. The molecular formula is C15H15BrFNO. The lowest BCUT2D eigenvalue weighted by molar-refractivity contribution is 0.386. The number of ether oxygens (including phenoxy) is 1. The molecule has 0 unspecified atom stereocenters. The number of nitrogens with one attached hydrogen (secondary N) is 1. The van der Waals surface area contributed by atoms with Crippen LogP contribution in [0.15, 0.2) is 40.9 Å². The molecule has 0 amide bonds. The van der Waals surface area contributed by atoms with Gasteiger partial charge in [0, 0.05) is 22.8 Å². The first-order chi connectivity index (χ1) is 9.10. The van der Waals surface area contributed by atoms with Crippen molar-refractivity contribution in [3.63, 3.8) is 0 Å². The monoisotopic (exact) mass is 323 g/mol. The molecule has 0 fully saturated rings. The predicted octanol–water partition coefficient (Wildman–Crippen LogP) is 4.52. The maximum absolute atomic E-state index is 13.5. The molecule has 0 saturated heterocycles. The van der Waals surface area contributed by atoms with E-state index >= 15 is 0 Å². The lowest BCUT2D eigenvalue weighted by Gasteiger charge is -2.09. The summed E-state index contributed by atoms with van der Waals surface area (Å²) >= 11 is 3.50. The Morgan fingerprint density at radius 3 is 2.63 bits per heavy atom. The quantitative estimate of drug-likeness (QED) is 0.893. The van der Waals surface area contributed by atoms with Crippen molar-refractivity contribution in [1.82, 2.24) is 0 Å². The molecule has 0 heterocycles. The Kier molecular flexibility index (Phi) is 4.43. The van der Waals surface area contributed by atoms with Gasteiger partial charge in [0.05, 0.1) is 7.11 Å². The van der Waals surface area contributed by atoms with Gasteiger partial charge in [-0.3, -0.25) is 0 Å². The van der Waals surface area contributed by atoms with Crippen LogP contribution in [0.25, 0.3) is 0 Å². The number of methoxy groups -OCH3 is 1. The van der Waals surface area contributed by atoms with Gasteiger partial charge in [-0.05, 0) is 36.2 Å². The van der Waals surface area contributed by atoms with E-state index in [1.165, 1.54) is 18.7 Å². The van der Waals surface area contributed by atoms with Gasteiger partial charge < -0.3 is 10.1 Å². The summed E-state index contributed by atoms with van der Waals surface area (Å²) in [6.45, 7) is 2.69. The van der Waals surface area contributed by atoms with Crippen molar-refractivity contribution in [2.24, 2.45) is 0 Å². The Hall–Kier alpha value is -1.55. The van der Waals surface area contributed by atoms with Crippen LogP contribution in [0, 0.1) is 12.7 Å². The predicted molar refractivity (Wildman–Crippen MR) is 79.2 cm³/mol. The van der Waals surface area contributed by atoms with Crippen LogP contribution >= 0.6 is 15.9 Å². The van der Waals surface area contributed by atoms with E-state index in [4.69, 9.17) is 4.74 Å². The average molecular weight is 324 g/mol. The van der Waals surface area contributed by atoms with Crippen LogP contribution in [-0.4, -0.2) is 7.11 Å². The van der Waals surface area contributed by atoms with Crippen molar-refractivity contribution in [2.75, 3.05) is 12.4 Å². The van der Waals surface area contributed by atoms with Crippen LogP contribution in [0.2, 0.25) is 0 Å². The largest absolute Gasteiger partial charge is 0.494 e. The molecule has 2 aromatic carbocycles. The molecule has 2 rings (SSSR count). The van der Waals surface area contributed by atoms with E-state index in [-0.39, 0.29) is 11.6 Å². The van der Waals surface area contributed by atoms with Crippen molar-refractivity contribution in [1.29, 1.82) is 0 Å². The van der Waals surface area contributed by atoms with E-state index in [0.717, 1.165) is 15.7 Å². The van der Waals surface area contributed by atoms with Gasteiger partial charge in [-0.2, -0.15) is 0 Å². The maximum Gasteiger partial charge on any atom is 0.167 e. The summed E-state index contributed by atoms with van der Waals surface area (Å²) in [6.07, 6.45) is 0. The highest BCUT2D eigenvalue weighted by molar-refractivity contribution is 9.10. The van der Waals surface area contributed by atoms with Crippen molar-refractivity contribution in [3.05, 3.63) is 57.8 Å². The second kappa shape index (κ2) is 6.06. The topological polar surface area (TPSA) is 21.3 Å².